The van der Waals surface area contributed by atoms with Crippen molar-refractivity contribution in [3.63, 3.8) is 0 Å². The zero-order valence-electron chi connectivity index (χ0n) is 31.7. The standard InChI is InChI=1S/C56H37NO/c1-4-14-38(15-5-1)41-24-26-42(27-25-41)44-30-34-47(35-31-44)57(46-32-28-43(29-33-46)39-16-6-2-7-17-39)52-36-45(40-18-8-3-9-19-40)37-53-55(52)54-50-22-12-10-20-48(50)49-21-11-13-23-51(49)56(54)58-53/h1-37H. The molecule has 0 N–H and O–H groups in total. The number of anilines is 3. The number of rotatable bonds is 7. The summed E-state index contributed by atoms with van der Waals surface area (Å²) in [6.07, 6.45) is 0. The van der Waals surface area contributed by atoms with Crippen LogP contribution in [0.3, 0.4) is 0 Å². The van der Waals surface area contributed by atoms with Crippen LogP contribution in [0.15, 0.2) is 229 Å². The van der Waals surface area contributed by atoms with Crippen molar-refractivity contribution in [1.29, 1.82) is 0 Å². The number of hydrogen-bond acceptors (Lipinski definition) is 2. The summed E-state index contributed by atoms with van der Waals surface area (Å²) in [7, 11) is 0. The van der Waals surface area contributed by atoms with E-state index in [1.807, 2.05) is 0 Å². The van der Waals surface area contributed by atoms with E-state index in [2.05, 4.69) is 229 Å². The Labute approximate surface area is 337 Å². The summed E-state index contributed by atoms with van der Waals surface area (Å²) in [6, 6.07) is 80.5. The lowest BCUT2D eigenvalue weighted by molar-refractivity contribution is 0.673. The van der Waals surface area contributed by atoms with Crippen LogP contribution >= 0.6 is 0 Å². The first kappa shape index (κ1) is 33.6. The Bertz CT molecular complexity index is 3220. The fraction of sp³-hybridized carbons (Fsp3) is 0. The third-order valence-corrected chi connectivity index (χ3v) is 11.5. The second kappa shape index (κ2) is 14.1. The second-order valence-corrected chi connectivity index (χ2v) is 14.9. The summed E-state index contributed by atoms with van der Waals surface area (Å²) in [5.41, 5.74) is 14.3. The van der Waals surface area contributed by atoms with Crippen LogP contribution in [0, 0.1) is 0 Å². The van der Waals surface area contributed by atoms with Gasteiger partial charge in [-0.3, -0.25) is 0 Å². The van der Waals surface area contributed by atoms with Crippen molar-refractivity contribution in [2.24, 2.45) is 0 Å². The maximum Gasteiger partial charge on any atom is 0.143 e. The molecular weight excluding hydrogens is 703 g/mol. The van der Waals surface area contributed by atoms with E-state index in [0.717, 1.165) is 61.1 Å². The molecule has 0 spiro atoms. The van der Waals surface area contributed by atoms with Crippen LogP contribution in [-0.2, 0) is 0 Å². The van der Waals surface area contributed by atoms with Crippen LogP contribution in [0.2, 0.25) is 0 Å². The van der Waals surface area contributed by atoms with Crippen LogP contribution in [0.5, 0.6) is 0 Å². The van der Waals surface area contributed by atoms with Crippen molar-refractivity contribution in [3.05, 3.63) is 224 Å². The van der Waals surface area contributed by atoms with Gasteiger partial charge in [0.1, 0.15) is 11.2 Å². The molecule has 0 amide bonds. The fourth-order valence-electron chi connectivity index (χ4n) is 8.63. The first-order valence-corrected chi connectivity index (χ1v) is 19.8. The molecule has 0 radical (unpaired) electrons. The Balaban J connectivity index is 1.15. The van der Waals surface area contributed by atoms with Crippen molar-refractivity contribution in [3.8, 4) is 44.5 Å². The summed E-state index contributed by atoms with van der Waals surface area (Å²) in [6.45, 7) is 0. The molecular formula is C56H37NO. The normalized spacial score (nSPS) is 11.4. The number of furan rings is 1. The largest absolute Gasteiger partial charge is 0.455 e. The van der Waals surface area contributed by atoms with Crippen molar-refractivity contribution in [2.75, 3.05) is 4.90 Å². The smallest absolute Gasteiger partial charge is 0.143 e. The molecule has 11 aromatic rings. The van der Waals surface area contributed by atoms with Gasteiger partial charge in [0.05, 0.1) is 11.1 Å². The van der Waals surface area contributed by atoms with Gasteiger partial charge in [-0.15, -0.1) is 0 Å². The van der Waals surface area contributed by atoms with Gasteiger partial charge in [-0.1, -0.05) is 188 Å². The highest BCUT2D eigenvalue weighted by molar-refractivity contribution is 6.32. The van der Waals surface area contributed by atoms with Crippen molar-refractivity contribution in [1.82, 2.24) is 0 Å². The van der Waals surface area contributed by atoms with Gasteiger partial charge in [0.25, 0.3) is 0 Å². The first-order valence-electron chi connectivity index (χ1n) is 19.8. The minimum absolute atomic E-state index is 0.855. The van der Waals surface area contributed by atoms with E-state index in [1.54, 1.807) is 0 Å². The molecule has 10 aromatic carbocycles. The van der Waals surface area contributed by atoms with E-state index < -0.39 is 0 Å². The molecule has 1 aromatic heterocycles. The molecule has 2 nitrogen and oxygen atoms in total. The van der Waals surface area contributed by atoms with Gasteiger partial charge in [-0.2, -0.15) is 0 Å². The molecule has 0 bridgehead atoms. The van der Waals surface area contributed by atoms with Gasteiger partial charge in [-0.25, -0.2) is 0 Å². The highest BCUT2D eigenvalue weighted by atomic mass is 16.3. The summed E-state index contributed by atoms with van der Waals surface area (Å²) in [5, 5.41) is 6.91. The van der Waals surface area contributed by atoms with Gasteiger partial charge in [-0.05, 0) is 97.1 Å². The van der Waals surface area contributed by atoms with E-state index in [9.17, 15) is 0 Å². The molecule has 0 aliphatic rings. The minimum Gasteiger partial charge on any atom is -0.455 e. The summed E-state index contributed by atoms with van der Waals surface area (Å²) < 4.78 is 7.07. The zero-order chi connectivity index (χ0) is 38.4. The molecule has 0 fully saturated rings. The van der Waals surface area contributed by atoms with Crippen LogP contribution in [0.1, 0.15) is 0 Å². The summed E-state index contributed by atoms with van der Waals surface area (Å²) >= 11 is 0. The van der Waals surface area contributed by atoms with Gasteiger partial charge in [0.15, 0.2) is 0 Å². The molecule has 272 valence electrons. The van der Waals surface area contributed by atoms with Crippen molar-refractivity contribution >= 4 is 60.5 Å². The lowest BCUT2D eigenvalue weighted by atomic mass is 9.94. The Kier molecular flexibility index (Phi) is 8.19. The first-order chi connectivity index (χ1) is 28.8. The average molecular weight is 740 g/mol. The maximum atomic E-state index is 7.07. The Morgan fingerprint density at radius 3 is 1.12 bits per heavy atom. The predicted molar refractivity (Wildman–Crippen MR) is 245 cm³/mol. The van der Waals surface area contributed by atoms with Gasteiger partial charge < -0.3 is 9.32 Å². The Morgan fingerprint density at radius 1 is 0.276 bits per heavy atom. The van der Waals surface area contributed by atoms with Crippen LogP contribution in [0.25, 0.3) is 88.0 Å². The molecule has 0 atom stereocenters. The monoisotopic (exact) mass is 739 g/mol. The van der Waals surface area contributed by atoms with Crippen molar-refractivity contribution in [2.45, 2.75) is 0 Å². The van der Waals surface area contributed by atoms with Gasteiger partial charge in [0, 0.05) is 22.1 Å². The molecule has 0 saturated heterocycles. The average Bonchev–Trinajstić information content (AvgIpc) is 3.71. The molecule has 58 heavy (non-hydrogen) atoms. The zero-order valence-corrected chi connectivity index (χ0v) is 31.7. The number of hydrogen-bond donors (Lipinski definition) is 0. The second-order valence-electron chi connectivity index (χ2n) is 14.9. The Hall–Kier alpha value is -7.68. The Morgan fingerprint density at radius 2 is 0.638 bits per heavy atom. The van der Waals surface area contributed by atoms with Crippen LogP contribution in [0.4, 0.5) is 17.1 Å². The number of fused-ring (bicyclic) bond motifs is 8. The number of benzene rings is 10. The topological polar surface area (TPSA) is 16.4 Å². The molecule has 0 unspecified atom stereocenters. The molecule has 0 aliphatic heterocycles. The van der Waals surface area contributed by atoms with Crippen LogP contribution in [-0.4, -0.2) is 0 Å². The van der Waals surface area contributed by atoms with E-state index in [4.69, 9.17) is 4.42 Å². The van der Waals surface area contributed by atoms with E-state index in [0.29, 0.717) is 0 Å². The quantitative estimate of drug-likeness (QED) is 0.151. The van der Waals surface area contributed by atoms with Crippen LogP contribution < -0.4 is 4.90 Å². The molecule has 11 rings (SSSR count). The third-order valence-electron chi connectivity index (χ3n) is 11.5. The molecule has 2 heteroatoms. The SMILES string of the molecule is c1ccc(-c2ccc(-c3ccc(N(c4ccc(-c5ccccc5)cc4)c4cc(-c5ccccc5)cc5oc6c7ccccc7c7ccccc7c6c45)cc3)cc2)cc1. The lowest BCUT2D eigenvalue weighted by Gasteiger charge is -2.27. The lowest BCUT2D eigenvalue weighted by Crippen LogP contribution is -2.10. The van der Waals surface area contributed by atoms with Gasteiger partial charge >= 0.3 is 0 Å². The summed E-state index contributed by atoms with van der Waals surface area (Å²) in [4.78, 5) is 2.41. The number of nitrogens with zero attached hydrogens (tertiary/aromatic N) is 1. The molecule has 1 heterocycles. The van der Waals surface area contributed by atoms with Gasteiger partial charge in [0.2, 0.25) is 0 Å². The third kappa shape index (κ3) is 5.82. The minimum atomic E-state index is 0.855. The maximum absolute atomic E-state index is 7.07. The molecule has 0 saturated carbocycles. The van der Waals surface area contributed by atoms with Crippen molar-refractivity contribution < 1.29 is 4.42 Å². The fourth-order valence-corrected chi connectivity index (χ4v) is 8.63. The molecule has 0 aliphatic carbocycles. The highest BCUT2D eigenvalue weighted by Gasteiger charge is 2.24. The summed E-state index contributed by atoms with van der Waals surface area (Å²) in [5.74, 6) is 0. The van der Waals surface area contributed by atoms with E-state index >= 15 is 0 Å². The van der Waals surface area contributed by atoms with E-state index in [-0.39, 0.29) is 0 Å². The predicted octanol–water partition coefficient (Wildman–Crippen LogP) is 16.0. The highest BCUT2D eigenvalue weighted by Crippen LogP contribution is 2.49. The van der Waals surface area contributed by atoms with E-state index in [1.165, 1.54) is 44.0 Å².